The molecule has 3 aromatic rings. The van der Waals surface area contributed by atoms with Crippen LogP contribution >= 0.6 is 11.6 Å². The largest absolute Gasteiger partial charge is 0.491 e. The molecule has 2 aromatic heterocycles. The quantitative estimate of drug-likeness (QED) is 0.304. The molecule has 44 heavy (non-hydrogen) atoms. The number of nitrogens with one attached hydrogen (secondary N) is 2. The van der Waals surface area contributed by atoms with Crippen LogP contribution in [0.25, 0.3) is 0 Å². The van der Waals surface area contributed by atoms with Crippen LogP contribution in [0.2, 0.25) is 5.02 Å². The van der Waals surface area contributed by atoms with Gasteiger partial charge in [-0.15, -0.1) is 0 Å². The van der Waals surface area contributed by atoms with Gasteiger partial charge in [0.05, 0.1) is 41.9 Å². The summed E-state index contributed by atoms with van der Waals surface area (Å²) in [4.78, 5) is 49.8. The van der Waals surface area contributed by atoms with Crippen LogP contribution in [0.3, 0.4) is 0 Å². The molecule has 3 amide bonds. The SMILES string of the molecule is CCOC(=O)c1ccc(N2CCC3(CC2)CN(CCNC(=O)c2ncc(OC[C@@H](C)c4ccccc4)cc2Cl)C(=O)N3)cn1. The maximum absolute atomic E-state index is 12.8. The van der Waals surface area contributed by atoms with E-state index >= 15 is 0 Å². The number of piperidine rings is 1. The van der Waals surface area contributed by atoms with Crippen LogP contribution in [0.15, 0.2) is 60.9 Å². The van der Waals surface area contributed by atoms with Gasteiger partial charge in [-0.05, 0) is 37.5 Å². The van der Waals surface area contributed by atoms with E-state index in [0.717, 1.165) is 31.6 Å². The number of pyridine rings is 2. The van der Waals surface area contributed by atoms with Gasteiger partial charge in [-0.2, -0.15) is 0 Å². The van der Waals surface area contributed by atoms with Gasteiger partial charge in [0.15, 0.2) is 0 Å². The van der Waals surface area contributed by atoms with E-state index in [1.165, 1.54) is 11.8 Å². The van der Waals surface area contributed by atoms with Gasteiger partial charge in [0.1, 0.15) is 17.1 Å². The zero-order chi connectivity index (χ0) is 31.1. The monoisotopic (exact) mass is 620 g/mol. The van der Waals surface area contributed by atoms with Crippen LogP contribution in [0.5, 0.6) is 5.75 Å². The van der Waals surface area contributed by atoms with Crippen molar-refractivity contribution in [2.75, 3.05) is 50.8 Å². The van der Waals surface area contributed by atoms with Gasteiger partial charge in [0.25, 0.3) is 5.91 Å². The molecule has 2 fully saturated rings. The van der Waals surface area contributed by atoms with E-state index in [1.54, 1.807) is 30.2 Å². The third kappa shape index (κ3) is 7.39. The van der Waals surface area contributed by atoms with Crippen molar-refractivity contribution in [3.05, 3.63) is 82.9 Å². The third-order valence-corrected chi connectivity index (χ3v) is 8.33. The number of ether oxygens (including phenoxy) is 2. The van der Waals surface area contributed by atoms with Crippen LogP contribution in [0, 0.1) is 0 Å². The van der Waals surface area contributed by atoms with Gasteiger partial charge in [0.2, 0.25) is 0 Å². The van der Waals surface area contributed by atoms with Crippen LogP contribution in [0.1, 0.15) is 59.1 Å². The second-order valence-electron chi connectivity index (χ2n) is 11.1. The normalized spacial score (nSPS) is 16.4. The van der Waals surface area contributed by atoms with Gasteiger partial charge >= 0.3 is 12.0 Å². The van der Waals surface area contributed by atoms with Gasteiger partial charge in [-0.1, -0.05) is 48.9 Å². The summed E-state index contributed by atoms with van der Waals surface area (Å²) >= 11 is 6.37. The fourth-order valence-corrected chi connectivity index (χ4v) is 5.73. The number of nitrogens with zero attached hydrogens (tertiary/aromatic N) is 4. The van der Waals surface area contributed by atoms with Crippen molar-refractivity contribution in [2.24, 2.45) is 0 Å². The fraction of sp³-hybridized carbons (Fsp3) is 0.406. The minimum absolute atomic E-state index is 0.106. The Kier molecular flexibility index (Phi) is 9.84. The van der Waals surface area contributed by atoms with E-state index in [2.05, 4.69) is 44.6 Å². The highest BCUT2D eigenvalue weighted by Crippen LogP contribution is 2.30. The number of halogens is 1. The number of amides is 3. The minimum atomic E-state index is -0.437. The summed E-state index contributed by atoms with van der Waals surface area (Å²) in [7, 11) is 0. The molecule has 5 rings (SSSR count). The van der Waals surface area contributed by atoms with E-state index in [0.29, 0.717) is 32.1 Å². The molecule has 0 bridgehead atoms. The Morgan fingerprint density at radius 1 is 1.11 bits per heavy atom. The third-order valence-electron chi connectivity index (χ3n) is 8.04. The summed E-state index contributed by atoms with van der Waals surface area (Å²) < 4.78 is 10.9. The number of carbonyl (C=O) groups excluding carboxylic acids is 3. The lowest BCUT2D eigenvalue weighted by atomic mass is 9.88. The maximum Gasteiger partial charge on any atom is 0.356 e. The van der Waals surface area contributed by atoms with Gasteiger partial charge in [0, 0.05) is 44.7 Å². The first-order valence-corrected chi connectivity index (χ1v) is 15.2. The van der Waals surface area contributed by atoms with Gasteiger partial charge < -0.3 is 29.9 Å². The lowest BCUT2D eigenvalue weighted by Crippen LogP contribution is -2.52. The van der Waals surface area contributed by atoms with Crippen molar-refractivity contribution in [3.63, 3.8) is 0 Å². The Hall–Kier alpha value is -4.38. The molecular weight excluding hydrogens is 584 g/mol. The summed E-state index contributed by atoms with van der Waals surface area (Å²) in [5.41, 5.74) is 2.15. The molecule has 0 radical (unpaired) electrons. The number of benzene rings is 1. The van der Waals surface area contributed by atoms with E-state index in [9.17, 15) is 14.4 Å². The van der Waals surface area contributed by atoms with Crippen LogP contribution < -0.4 is 20.3 Å². The van der Waals surface area contributed by atoms with Crippen molar-refractivity contribution in [1.82, 2.24) is 25.5 Å². The zero-order valence-corrected chi connectivity index (χ0v) is 25.7. The standard InChI is InChI=1S/C32H37ClN6O5/c1-3-43-30(41)27-10-9-24(18-35-27)38-14-11-32(12-15-38)21-39(31(42)37-32)16-13-34-29(40)28-26(33)17-25(19-36-28)44-20-22(2)23-7-5-4-6-8-23/h4-10,17-19,22H,3,11-16,20-21H2,1-2H3,(H,34,40)(H,37,42)/t22-/m1/s1. The number of aromatic nitrogens is 2. The van der Waals surface area contributed by atoms with Crippen LogP contribution in [-0.2, 0) is 4.74 Å². The molecule has 2 saturated heterocycles. The minimum Gasteiger partial charge on any atom is -0.491 e. The molecule has 232 valence electrons. The highest BCUT2D eigenvalue weighted by atomic mass is 35.5. The summed E-state index contributed by atoms with van der Waals surface area (Å²) in [6.45, 7) is 7.24. The molecule has 0 saturated carbocycles. The molecular formula is C32H37ClN6O5. The highest BCUT2D eigenvalue weighted by molar-refractivity contribution is 6.33. The average Bonchev–Trinajstić information content (AvgIpc) is 3.34. The predicted molar refractivity (Wildman–Crippen MR) is 166 cm³/mol. The molecule has 2 aliphatic heterocycles. The second kappa shape index (κ2) is 13.9. The first kappa shape index (κ1) is 31.1. The first-order valence-electron chi connectivity index (χ1n) is 14.8. The average molecular weight is 621 g/mol. The molecule has 11 nitrogen and oxygen atoms in total. The maximum atomic E-state index is 12.8. The highest BCUT2D eigenvalue weighted by Gasteiger charge is 2.44. The Balaban J connectivity index is 1.06. The lowest BCUT2D eigenvalue weighted by molar-refractivity contribution is 0.0519. The number of anilines is 1. The molecule has 4 heterocycles. The topological polar surface area (TPSA) is 126 Å². The summed E-state index contributed by atoms with van der Waals surface area (Å²) in [5, 5.41) is 6.19. The van der Waals surface area contributed by atoms with Crippen LogP contribution in [-0.4, -0.2) is 84.3 Å². The smallest absolute Gasteiger partial charge is 0.356 e. The molecule has 1 spiro atoms. The van der Waals surface area contributed by atoms with Crippen molar-refractivity contribution in [3.8, 4) is 5.75 Å². The van der Waals surface area contributed by atoms with Crippen molar-refractivity contribution < 1.29 is 23.9 Å². The Morgan fingerprint density at radius 2 is 1.89 bits per heavy atom. The summed E-state index contributed by atoms with van der Waals surface area (Å²) in [6.07, 6.45) is 4.70. The van der Waals surface area contributed by atoms with Gasteiger partial charge in [-0.3, -0.25) is 4.79 Å². The number of carbonyl (C=O) groups is 3. The molecule has 1 atom stereocenters. The summed E-state index contributed by atoms with van der Waals surface area (Å²) in [5.74, 6) is -0.178. The molecule has 0 unspecified atom stereocenters. The lowest BCUT2D eigenvalue weighted by Gasteiger charge is -2.39. The summed E-state index contributed by atoms with van der Waals surface area (Å²) in [6, 6.07) is 15.1. The van der Waals surface area contributed by atoms with E-state index < -0.39 is 11.9 Å². The second-order valence-corrected chi connectivity index (χ2v) is 11.5. The zero-order valence-electron chi connectivity index (χ0n) is 24.9. The Labute approximate surface area is 261 Å². The molecule has 2 N–H and O–H groups in total. The number of rotatable bonds is 11. The van der Waals surface area contributed by atoms with Crippen LogP contribution in [0.4, 0.5) is 10.5 Å². The first-order chi connectivity index (χ1) is 21.3. The predicted octanol–water partition coefficient (Wildman–Crippen LogP) is 4.28. The molecule has 1 aromatic carbocycles. The molecule has 12 heteroatoms. The van der Waals surface area contributed by atoms with Gasteiger partial charge in [-0.25, -0.2) is 19.6 Å². The molecule has 0 aliphatic carbocycles. The number of urea groups is 1. The Morgan fingerprint density at radius 3 is 2.57 bits per heavy atom. The van der Waals surface area contributed by atoms with E-state index in [1.807, 2.05) is 24.3 Å². The number of esters is 1. The van der Waals surface area contributed by atoms with Crippen molar-refractivity contribution >= 4 is 35.2 Å². The van der Waals surface area contributed by atoms with Crippen molar-refractivity contribution in [1.29, 1.82) is 0 Å². The number of hydrogen-bond acceptors (Lipinski definition) is 8. The fourth-order valence-electron chi connectivity index (χ4n) is 5.49. The molecule has 2 aliphatic rings. The van der Waals surface area contributed by atoms with Crippen molar-refractivity contribution in [2.45, 2.75) is 38.1 Å². The van der Waals surface area contributed by atoms with E-state index in [4.69, 9.17) is 21.1 Å². The van der Waals surface area contributed by atoms with E-state index in [-0.39, 0.29) is 40.4 Å². The number of hydrogen-bond donors (Lipinski definition) is 2. The Bertz CT molecular complexity index is 1460.